The molecule has 0 aliphatic carbocycles. The highest BCUT2D eigenvalue weighted by Crippen LogP contribution is 2.22. The third kappa shape index (κ3) is 3.44. The largest absolute Gasteiger partial charge is 0.306 e. The summed E-state index contributed by atoms with van der Waals surface area (Å²) in [6.45, 7) is 7.50. The van der Waals surface area contributed by atoms with E-state index in [-0.39, 0.29) is 0 Å². The Morgan fingerprint density at radius 2 is 1.89 bits per heavy atom. The van der Waals surface area contributed by atoms with E-state index in [0.29, 0.717) is 6.04 Å². The fourth-order valence-electron chi connectivity index (χ4n) is 1.99. The second-order valence-corrected chi connectivity index (χ2v) is 6.97. The molecule has 0 unspecified atom stereocenters. The van der Waals surface area contributed by atoms with Gasteiger partial charge in [0.2, 0.25) is 0 Å². The van der Waals surface area contributed by atoms with Crippen LogP contribution in [0.15, 0.2) is 34.8 Å². The van der Waals surface area contributed by atoms with Crippen molar-refractivity contribution in [2.24, 2.45) is 0 Å². The summed E-state index contributed by atoms with van der Waals surface area (Å²) in [7, 11) is 0. The maximum atomic E-state index is 3.58. The van der Waals surface area contributed by atoms with Gasteiger partial charge in [-0.25, -0.2) is 0 Å². The van der Waals surface area contributed by atoms with Gasteiger partial charge in [-0.05, 0) is 50.1 Å². The Morgan fingerprint density at radius 1 is 1.22 bits per heavy atom. The molecular formula is C15H18BrNS. The van der Waals surface area contributed by atoms with E-state index in [9.17, 15) is 0 Å². The quantitative estimate of drug-likeness (QED) is 0.836. The number of hydrogen-bond donors (Lipinski definition) is 1. The van der Waals surface area contributed by atoms with E-state index in [4.69, 9.17) is 0 Å². The van der Waals surface area contributed by atoms with Crippen LogP contribution in [-0.4, -0.2) is 0 Å². The zero-order valence-corrected chi connectivity index (χ0v) is 13.4. The molecule has 18 heavy (non-hydrogen) atoms. The Morgan fingerprint density at radius 3 is 2.44 bits per heavy atom. The van der Waals surface area contributed by atoms with Crippen molar-refractivity contribution in [1.82, 2.24) is 5.32 Å². The highest BCUT2D eigenvalue weighted by Gasteiger charge is 2.07. The third-order valence-corrected chi connectivity index (χ3v) is 4.65. The number of rotatable bonds is 4. The number of benzene rings is 1. The number of nitrogens with one attached hydrogen (secondary N) is 1. The molecule has 96 valence electrons. The topological polar surface area (TPSA) is 12.0 Å². The molecule has 0 saturated carbocycles. The van der Waals surface area contributed by atoms with E-state index < -0.39 is 0 Å². The first kappa shape index (κ1) is 13.8. The zero-order chi connectivity index (χ0) is 13.1. The van der Waals surface area contributed by atoms with Crippen molar-refractivity contribution in [3.63, 3.8) is 0 Å². The van der Waals surface area contributed by atoms with Gasteiger partial charge in [0.15, 0.2) is 0 Å². The van der Waals surface area contributed by atoms with Crippen LogP contribution in [0.4, 0.5) is 0 Å². The van der Waals surface area contributed by atoms with Crippen molar-refractivity contribution < 1.29 is 0 Å². The van der Waals surface area contributed by atoms with Crippen LogP contribution >= 0.6 is 27.3 Å². The lowest BCUT2D eigenvalue weighted by Crippen LogP contribution is -2.18. The normalized spacial score (nSPS) is 12.7. The second-order valence-electron chi connectivity index (χ2n) is 4.59. The molecule has 2 rings (SSSR count). The van der Waals surface area contributed by atoms with Crippen molar-refractivity contribution in [2.75, 3.05) is 0 Å². The maximum Gasteiger partial charge on any atom is 0.0294 e. The fourth-order valence-corrected chi connectivity index (χ4v) is 3.20. The summed E-state index contributed by atoms with van der Waals surface area (Å²) in [5.41, 5.74) is 2.74. The molecule has 1 heterocycles. The molecule has 0 fully saturated rings. The molecule has 0 aliphatic rings. The molecule has 3 heteroatoms. The van der Waals surface area contributed by atoms with E-state index in [2.05, 4.69) is 72.3 Å². The van der Waals surface area contributed by atoms with Gasteiger partial charge in [0, 0.05) is 26.8 Å². The first-order valence-corrected chi connectivity index (χ1v) is 7.72. The van der Waals surface area contributed by atoms with E-state index in [1.807, 2.05) is 11.3 Å². The van der Waals surface area contributed by atoms with Crippen molar-refractivity contribution in [1.29, 1.82) is 0 Å². The SMILES string of the molecule is Cc1cc(CN[C@H](C)c2ccc(Br)cc2)c(C)s1. The van der Waals surface area contributed by atoms with E-state index >= 15 is 0 Å². The van der Waals surface area contributed by atoms with Crippen LogP contribution in [-0.2, 0) is 6.54 Å². The minimum absolute atomic E-state index is 0.373. The highest BCUT2D eigenvalue weighted by molar-refractivity contribution is 9.10. The summed E-state index contributed by atoms with van der Waals surface area (Å²) < 4.78 is 1.13. The van der Waals surface area contributed by atoms with Crippen molar-refractivity contribution >= 4 is 27.3 Å². The van der Waals surface area contributed by atoms with E-state index in [0.717, 1.165) is 11.0 Å². The summed E-state index contributed by atoms with van der Waals surface area (Å²) in [6.07, 6.45) is 0. The van der Waals surface area contributed by atoms with Gasteiger partial charge in [-0.15, -0.1) is 11.3 Å². The van der Waals surface area contributed by atoms with Crippen LogP contribution in [0.1, 0.15) is 33.8 Å². The Labute approximate surface area is 121 Å². The Kier molecular flexibility index (Phi) is 4.60. The predicted octanol–water partition coefficient (Wildman–Crippen LogP) is 4.98. The maximum absolute atomic E-state index is 3.58. The predicted molar refractivity (Wildman–Crippen MR) is 83.2 cm³/mol. The van der Waals surface area contributed by atoms with Crippen LogP contribution in [0.2, 0.25) is 0 Å². The monoisotopic (exact) mass is 323 g/mol. The summed E-state index contributed by atoms with van der Waals surface area (Å²) in [4.78, 5) is 2.81. The molecule has 0 saturated heterocycles. The molecule has 2 aromatic rings. The van der Waals surface area contributed by atoms with Crippen molar-refractivity contribution in [2.45, 2.75) is 33.4 Å². The summed E-state index contributed by atoms with van der Waals surface area (Å²) in [5.74, 6) is 0. The average Bonchev–Trinajstić information content (AvgIpc) is 2.66. The zero-order valence-electron chi connectivity index (χ0n) is 11.0. The van der Waals surface area contributed by atoms with Crippen LogP contribution in [0.5, 0.6) is 0 Å². The summed E-state index contributed by atoms with van der Waals surface area (Å²) in [6, 6.07) is 11.2. The first-order chi connectivity index (χ1) is 8.56. The highest BCUT2D eigenvalue weighted by atomic mass is 79.9. The Hall–Kier alpha value is -0.640. The molecule has 0 aliphatic heterocycles. The van der Waals surface area contributed by atoms with Crippen molar-refractivity contribution in [3.05, 3.63) is 55.7 Å². The van der Waals surface area contributed by atoms with Crippen LogP contribution in [0.25, 0.3) is 0 Å². The Balaban J connectivity index is 1.98. The third-order valence-electron chi connectivity index (χ3n) is 3.11. The van der Waals surface area contributed by atoms with Gasteiger partial charge in [0.25, 0.3) is 0 Å². The van der Waals surface area contributed by atoms with Gasteiger partial charge >= 0.3 is 0 Å². The number of hydrogen-bond acceptors (Lipinski definition) is 2. The summed E-state index contributed by atoms with van der Waals surface area (Å²) in [5, 5.41) is 3.58. The summed E-state index contributed by atoms with van der Waals surface area (Å²) >= 11 is 5.34. The molecule has 0 radical (unpaired) electrons. The van der Waals surface area contributed by atoms with Crippen molar-refractivity contribution in [3.8, 4) is 0 Å². The molecule has 1 atom stereocenters. The average molecular weight is 324 g/mol. The number of aryl methyl sites for hydroxylation is 2. The number of halogens is 1. The molecule has 1 nitrogen and oxygen atoms in total. The van der Waals surface area contributed by atoms with Crippen LogP contribution in [0.3, 0.4) is 0 Å². The lowest BCUT2D eigenvalue weighted by Gasteiger charge is -2.14. The smallest absolute Gasteiger partial charge is 0.0294 e. The molecule has 1 aromatic carbocycles. The van der Waals surface area contributed by atoms with Gasteiger partial charge in [-0.2, -0.15) is 0 Å². The molecule has 1 N–H and O–H groups in total. The lowest BCUT2D eigenvalue weighted by atomic mass is 10.1. The minimum atomic E-state index is 0.373. The standard InChI is InChI=1S/C15H18BrNS/c1-10-8-14(12(3)18-10)9-17-11(2)13-4-6-15(16)7-5-13/h4-8,11,17H,9H2,1-3H3/t11-/m1/s1. The molecule has 0 bridgehead atoms. The van der Waals surface area contributed by atoms with Gasteiger partial charge in [-0.3, -0.25) is 0 Å². The molecule has 0 spiro atoms. The molecular weight excluding hydrogens is 306 g/mol. The first-order valence-electron chi connectivity index (χ1n) is 6.11. The lowest BCUT2D eigenvalue weighted by molar-refractivity contribution is 0.574. The minimum Gasteiger partial charge on any atom is -0.306 e. The van der Waals surface area contributed by atoms with Gasteiger partial charge in [-0.1, -0.05) is 28.1 Å². The van der Waals surface area contributed by atoms with Crippen LogP contribution < -0.4 is 5.32 Å². The fraction of sp³-hybridized carbons (Fsp3) is 0.333. The van der Waals surface area contributed by atoms with Crippen LogP contribution in [0, 0.1) is 13.8 Å². The Bertz CT molecular complexity index is 516. The molecule has 1 aromatic heterocycles. The van der Waals surface area contributed by atoms with E-state index in [1.54, 1.807) is 0 Å². The van der Waals surface area contributed by atoms with Gasteiger partial charge in [0.05, 0.1) is 0 Å². The van der Waals surface area contributed by atoms with E-state index in [1.165, 1.54) is 20.9 Å². The van der Waals surface area contributed by atoms with Gasteiger partial charge < -0.3 is 5.32 Å². The van der Waals surface area contributed by atoms with Gasteiger partial charge in [0.1, 0.15) is 0 Å². The second kappa shape index (κ2) is 6.00. The number of thiophene rings is 1. The molecule has 0 amide bonds.